The van der Waals surface area contributed by atoms with E-state index in [-0.39, 0.29) is 6.54 Å². The molecule has 0 saturated carbocycles. The molecule has 0 aromatic rings. The van der Waals surface area contributed by atoms with Crippen molar-refractivity contribution in [3.63, 3.8) is 0 Å². The number of allylic oxidation sites excluding steroid dienone is 1. The third-order valence-electron chi connectivity index (χ3n) is 2.48. The maximum absolute atomic E-state index is 11.8. The number of rotatable bonds is 2. The van der Waals surface area contributed by atoms with Crippen LogP contribution < -0.4 is 5.32 Å². The summed E-state index contributed by atoms with van der Waals surface area (Å²) >= 11 is 0. The van der Waals surface area contributed by atoms with Crippen LogP contribution in [0.3, 0.4) is 0 Å². The van der Waals surface area contributed by atoms with Gasteiger partial charge >= 0.3 is 6.03 Å². The zero-order valence-electron chi connectivity index (χ0n) is 9.03. The minimum Gasteiger partial charge on any atom is -0.277 e. The summed E-state index contributed by atoms with van der Waals surface area (Å²) in [6.45, 7) is 5.41. The first kappa shape index (κ1) is 11.4. The second-order valence-electron chi connectivity index (χ2n) is 3.34. The first-order valence-corrected chi connectivity index (χ1v) is 4.81. The van der Waals surface area contributed by atoms with Crippen molar-refractivity contribution in [3.05, 3.63) is 11.6 Å². The summed E-state index contributed by atoms with van der Waals surface area (Å²) in [6, 6.07) is -0.632. The van der Waals surface area contributed by atoms with Gasteiger partial charge in [-0.25, -0.2) is 4.79 Å². The smallest absolute Gasteiger partial charge is 0.277 e. The molecular formula is C10H14N2O3. The molecule has 1 heterocycles. The number of nitrogens with one attached hydrogen (secondary N) is 1. The Balaban J connectivity index is 3.03. The van der Waals surface area contributed by atoms with Crippen LogP contribution in [0, 0.1) is 5.92 Å². The van der Waals surface area contributed by atoms with Gasteiger partial charge < -0.3 is 0 Å². The Bertz CT molecular complexity index is 347. The number of nitrogens with zero attached hydrogens (tertiary/aromatic N) is 1. The van der Waals surface area contributed by atoms with Crippen molar-refractivity contribution in [1.29, 1.82) is 0 Å². The molecule has 0 spiro atoms. The van der Waals surface area contributed by atoms with E-state index in [2.05, 4.69) is 5.32 Å². The minimum absolute atomic E-state index is 0.269. The second kappa shape index (κ2) is 4.25. The van der Waals surface area contributed by atoms with E-state index in [0.717, 1.165) is 4.90 Å². The molecule has 0 bridgehead atoms. The first-order chi connectivity index (χ1) is 7.02. The summed E-state index contributed by atoms with van der Waals surface area (Å²) in [5.41, 5.74) is 0.656. The summed E-state index contributed by atoms with van der Waals surface area (Å²) in [4.78, 5) is 35.5. The molecule has 1 atom stereocenters. The van der Waals surface area contributed by atoms with Crippen molar-refractivity contribution in [2.24, 2.45) is 5.92 Å². The summed E-state index contributed by atoms with van der Waals surface area (Å²) in [7, 11) is 0. The molecule has 0 aliphatic carbocycles. The molecule has 1 aliphatic heterocycles. The summed E-state index contributed by atoms with van der Waals surface area (Å²) in [5.74, 6) is -1.83. The number of carbonyl (C=O) groups excluding carboxylic acids is 3. The molecule has 4 amide bonds. The molecule has 5 nitrogen and oxygen atoms in total. The molecule has 0 radical (unpaired) electrons. The molecule has 1 rings (SSSR count). The first-order valence-electron chi connectivity index (χ1n) is 4.81. The van der Waals surface area contributed by atoms with E-state index in [9.17, 15) is 14.4 Å². The molecule has 0 aromatic carbocycles. The largest absolute Gasteiger partial charge is 0.330 e. The Labute approximate surface area is 88.1 Å². The van der Waals surface area contributed by atoms with Crippen molar-refractivity contribution in [2.75, 3.05) is 6.54 Å². The van der Waals surface area contributed by atoms with Crippen molar-refractivity contribution in [1.82, 2.24) is 10.2 Å². The van der Waals surface area contributed by atoms with Gasteiger partial charge in [-0.05, 0) is 20.8 Å². The van der Waals surface area contributed by atoms with Crippen molar-refractivity contribution < 1.29 is 14.4 Å². The summed E-state index contributed by atoms with van der Waals surface area (Å²) in [6.07, 6.45) is 1.70. The average molecular weight is 210 g/mol. The van der Waals surface area contributed by atoms with Crippen molar-refractivity contribution in [3.8, 4) is 0 Å². The summed E-state index contributed by atoms with van der Waals surface area (Å²) < 4.78 is 0. The third kappa shape index (κ3) is 1.91. The van der Waals surface area contributed by atoms with Crippen LogP contribution in [0.25, 0.3) is 0 Å². The Morgan fingerprint density at radius 1 is 1.47 bits per heavy atom. The fraction of sp³-hybridized carbons (Fsp3) is 0.500. The van der Waals surface area contributed by atoms with Crippen molar-refractivity contribution >= 4 is 17.8 Å². The lowest BCUT2D eigenvalue weighted by molar-refractivity contribution is -0.140. The molecule has 1 N–H and O–H groups in total. The van der Waals surface area contributed by atoms with Crippen LogP contribution in [-0.2, 0) is 9.59 Å². The van der Waals surface area contributed by atoms with Crippen LogP contribution in [-0.4, -0.2) is 29.3 Å². The SMILES string of the molecule is CC=C(C)C1C(=O)NC(=O)N(CC)C1=O. The van der Waals surface area contributed by atoms with Gasteiger partial charge in [0.2, 0.25) is 11.8 Å². The van der Waals surface area contributed by atoms with E-state index in [1.807, 2.05) is 0 Å². The van der Waals surface area contributed by atoms with E-state index in [1.165, 1.54) is 0 Å². The lowest BCUT2D eigenvalue weighted by Gasteiger charge is -2.29. The monoisotopic (exact) mass is 210 g/mol. The predicted molar refractivity (Wildman–Crippen MR) is 53.8 cm³/mol. The van der Waals surface area contributed by atoms with Crippen LogP contribution in [0.4, 0.5) is 4.79 Å². The number of barbiturate groups is 1. The quantitative estimate of drug-likeness (QED) is 0.538. The van der Waals surface area contributed by atoms with E-state index in [0.29, 0.717) is 5.57 Å². The maximum atomic E-state index is 11.8. The zero-order chi connectivity index (χ0) is 11.6. The highest BCUT2D eigenvalue weighted by atomic mass is 16.2. The van der Waals surface area contributed by atoms with Gasteiger partial charge in [0.15, 0.2) is 0 Å². The van der Waals surface area contributed by atoms with Gasteiger partial charge in [0.1, 0.15) is 5.92 Å². The molecule has 1 unspecified atom stereocenters. The Morgan fingerprint density at radius 2 is 2.07 bits per heavy atom. The third-order valence-corrected chi connectivity index (χ3v) is 2.48. The second-order valence-corrected chi connectivity index (χ2v) is 3.34. The van der Waals surface area contributed by atoms with Crippen LogP contribution in [0.1, 0.15) is 20.8 Å². The van der Waals surface area contributed by atoms with Crippen LogP contribution in [0.15, 0.2) is 11.6 Å². The molecule has 1 aliphatic rings. The number of hydrogen-bond acceptors (Lipinski definition) is 3. The molecule has 15 heavy (non-hydrogen) atoms. The Morgan fingerprint density at radius 3 is 2.53 bits per heavy atom. The number of carbonyl (C=O) groups is 3. The Hall–Kier alpha value is -1.65. The normalized spacial score (nSPS) is 23.1. The molecule has 82 valence electrons. The van der Waals surface area contributed by atoms with E-state index in [4.69, 9.17) is 0 Å². The van der Waals surface area contributed by atoms with Crippen LogP contribution >= 0.6 is 0 Å². The average Bonchev–Trinajstić information content (AvgIpc) is 2.17. The van der Waals surface area contributed by atoms with Crippen molar-refractivity contribution in [2.45, 2.75) is 20.8 Å². The molecule has 1 saturated heterocycles. The van der Waals surface area contributed by atoms with Gasteiger partial charge in [0, 0.05) is 6.54 Å². The number of imide groups is 2. The highest BCUT2D eigenvalue weighted by molar-refractivity contribution is 6.17. The van der Waals surface area contributed by atoms with Gasteiger partial charge in [-0.2, -0.15) is 0 Å². The van der Waals surface area contributed by atoms with Gasteiger partial charge in [0.05, 0.1) is 0 Å². The van der Waals surface area contributed by atoms with Gasteiger partial charge in [-0.15, -0.1) is 0 Å². The highest BCUT2D eigenvalue weighted by Gasteiger charge is 2.40. The van der Waals surface area contributed by atoms with E-state index in [1.54, 1.807) is 26.8 Å². The van der Waals surface area contributed by atoms with Crippen LogP contribution in [0.2, 0.25) is 0 Å². The molecule has 0 aromatic heterocycles. The molecule has 1 fully saturated rings. The number of amides is 4. The van der Waals surface area contributed by atoms with Crippen LogP contribution in [0.5, 0.6) is 0 Å². The Kier molecular flexibility index (Phi) is 3.24. The van der Waals surface area contributed by atoms with Gasteiger partial charge in [-0.3, -0.25) is 19.8 Å². The van der Waals surface area contributed by atoms with Gasteiger partial charge in [0.25, 0.3) is 0 Å². The molecular weight excluding hydrogens is 196 g/mol. The predicted octanol–water partition coefficient (Wildman–Crippen LogP) is 0.667. The lowest BCUT2D eigenvalue weighted by atomic mass is 9.96. The standard InChI is InChI=1S/C10H14N2O3/c1-4-6(3)7-8(13)11-10(15)12(5-2)9(7)14/h4,7H,5H2,1-3H3,(H,11,13,15). The summed E-state index contributed by atoms with van der Waals surface area (Å²) in [5, 5.41) is 2.16. The zero-order valence-corrected chi connectivity index (χ0v) is 9.03. The number of urea groups is 1. The highest BCUT2D eigenvalue weighted by Crippen LogP contribution is 2.18. The lowest BCUT2D eigenvalue weighted by Crippen LogP contribution is -2.57. The topological polar surface area (TPSA) is 66.5 Å². The maximum Gasteiger partial charge on any atom is 0.330 e. The van der Waals surface area contributed by atoms with Gasteiger partial charge in [-0.1, -0.05) is 11.6 Å². The van der Waals surface area contributed by atoms with E-state index < -0.39 is 23.8 Å². The number of hydrogen-bond donors (Lipinski definition) is 1. The minimum atomic E-state index is -0.854. The van der Waals surface area contributed by atoms with E-state index >= 15 is 0 Å². The fourth-order valence-corrected chi connectivity index (χ4v) is 1.48. The fourth-order valence-electron chi connectivity index (χ4n) is 1.48. The molecule has 5 heteroatoms.